The average molecular weight is 250 g/mol. The molecule has 0 unspecified atom stereocenters. The van der Waals surface area contributed by atoms with E-state index in [-0.39, 0.29) is 36.0 Å². The molecule has 2 rings (SSSR count). The maximum absolute atomic E-state index is 12.1. The van der Waals surface area contributed by atoms with Crippen molar-refractivity contribution in [3.8, 4) is 0 Å². The summed E-state index contributed by atoms with van der Waals surface area (Å²) in [5.41, 5.74) is -0.335. The van der Waals surface area contributed by atoms with E-state index in [9.17, 15) is 14.7 Å². The van der Waals surface area contributed by atoms with Crippen LogP contribution < -0.4 is 5.56 Å². The molecule has 1 aromatic rings. The minimum absolute atomic E-state index is 0.0952. The van der Waals surface area contributed by atoms with Crippen LogP contribution in [0.15, 0.2) is 16.9 Å². The zero-order valence-electron chi connectivity index (χ0n) is 10.9. The molecule has 0 aromatic carbocycles. The maximum Gasteiger partial charge on any atom is 0.260 e. The number of carbonyl (C=O) groups excluding carboxylic acids is 1. The number of likely N-dealkylation sites (tertiary alicyclic amines) is 1. The zero-order valence-corrected chi connectivity index (χ0v) is 10.9. The first kappa shape index (κ1) is 12.8. The molecule has 1 saturated heterocycles. The quantitative estimate of drug-likeness (QED) is 0.804. The Hall–Kier alpha value is -1.62. The number of carbonyl (C=O) groups is 1. The van der Waals surface area contributed by atoms with Gasteiger partial charge in [-0.05, 0) is 25.0 Å². The molecular formula is C13H18N2O3. The first-order valence-electron chi connectivity index (χ1n) is 6.05. The van der Waals surface area contributed by atoms with Crippen LogP contribution in [0.5, 0.6) is 0 Å². The summed E-state index contributed by atoms with van der Waals surface area (Å²) in [6, 6.07) is 3.23. The highest BCUT2D eigenvalue weighted by atomic mass is 16.3. The summed E-state index contributed by atoms with van der Waals surface area (Å²) < 4.78 is 0. The maximum atomic E-state index is 12.1. The van der Waals surface area contributed by atoms with E-state index in [0.29, 0.717) is 0 Å². The van der Waals surface area contributed by atoms with E-state index >= 15 is 0 Å². The van der Waals surface area contributed by atoms with Gasteiger partial charge in [-0.3, -0.25) is 9.59 Å². The standard InChI is InChI=1S/C13H18N2O3/c1-8(2)13(18)6-15(7-13)12(17)10-5-4-9(3)14-11(10)16/h4-5,8,18H,6-7H2,1-3H3,(H,14,16). The lowest BCUT2D eigenvalue weighted by Crippen LogP contribution is -2.66. The van der Waals surface area contributed by atoms with Crippen molar-refractivity contribution in [2.75, 3.05) is 13.1 Å². The van der Waals surface area contributed by atoms with Crippen molar-refractivity contribution in [2.24, 2.45) is 5.92 Å². The molecule has 0 radical (unpaired) electrons. The molecule has 0 atom stereocenters. The average Bonchev–Trinajstić information content (AvgIpc) is 2.23. The molecule has 1 aromatic heterocycles. The van der Waals surface area contributed by atoms with Gasteiger partial charge in [0, 0.05) is 5.69 Å². The number of β-amino-alcohol motifs (C(OH)–C–C–N with tert-alkyl or cyclic N) is 1. The van der Waals surface area contributed by atoms with Crippen molar-refractivity contribution < 1.29 is 9.90 Å². The van der Waals surface area contributed by atoms with Gasteiger partial charge >= 0.3 is 0 Å². The van der Waals surface area contributed by atoms with Crippen molar-refractivity contribution in [3.05, 3.63) is 33.7 Å². The van der Waals surface area contributed by atoms with Crippen LogP contribution in [0, 0.1) is 12.8 Å². The van der Waals surface area contributed by atoms with Crippen LogP contribution in [0.4, 0.5) is 0 Å². The third kappa shape index (κ3) is 2.06. The number of aromatic amines is 1. The molecule has 2 N–H and O–H groups in total. The first-order chi connectivity index (χ1) is 8.33. The second-order valence-electron chi connectivity index (χ2n) is 5.30. The minimum Gasteiger partial charge on any atom is -0.386 e. The molecule has 1 aliphatic rings. The van der Waals surface area contributed by atoms with E-state index in [1.807, 2.05) is 13.8 Å². The Labute approximate surface area is 105 Å². The molecule has 98 valence electrons. The van der Waals surface area contributed by atoms with Crippen LogP contribution in [0.1, 0.15) is 29.9 Å². The van der Waals surface area contributed by atoms with Gasteiger partial charge in [-0.25, -0.2) is 0 Å². The number of hydrogen-bond acceptors (Lipinski definition) is 3. The van der Waals surface area contributed by atoms with Gasteiger partial charge in [0.1, 0.15) is 11.2 Å². The molecule has 5 heteroatoms. The monoisotopic (exact) mass is 250 g/mol. The van der Waals surface area contributed by atoms with Gasteiger partial charge < -0.3 is 15.0 Å². The van der Waals surface area contributed by atoms with Gasteiger partial charge in [-0.2, -0.15) is 0 Å². The fourth-order valence-electron chi connectivity index (χ4n) is 2.03. The molecule has 0 aliphatic carbocycles. The molecule has 5 nitrogen and oxygen atoms in total. The Morgan fingerprint density at radius 1 is 1.44 bits per heavy atom. The van der Waals surface area contributed by atoms with E-state index in [0.717, 1.165) is 5.69 Å². The van der Waals surface area contributed by atoms with Gasteiger partial charge in [0.05, 0.1) is 13.1 Å². The van der Waals surface area contributed by atoms with Gasteiger partial charge in [-0.15, -0.1) is 0 Å². The zero-order chi connectivity index (χ0) is 13.5. The van der Waals surface area contributed by atoms with Crippen LogP contribution >= 0.6 is 0 Å². The highest BCUT2D eigenvalue weighted by Gasteiger charge is 2.46. The first-order valence-corrected chi connectivity index (χ1v) is 6.05. The summed E-state index contributed by atoms with van der Waals surface area (Å²) in [6.07, 6.45) is 0. The molecule has 18 heavy (non-hydrogen) atoms. The van der Waals surface area contributed by atoms with Gasteiger partial charge in [0.15, 0.2) is 0 Å². The Bertz CT molecular complexity index is 527. The molecule has 1 aliphatic heterocycles. The van der Waals surface area contributed by atoms with Crippen LogP contribution in [0.3, 0.4) is 0 Å². The summed E-state index contributed by atoms with van der Waals surface area (Å²) >= 11 is 0. The van der Waals surface area contributed by atoms with E-state index in [1.165, 1.54) is 11.0 Å². The normalized spacial score (nSPS) is 17.7. The lowest BCUT2D eigenvalue weighted by atomic mass is 9.82. The molecule has 0 spiro atoms. The fraction of sp³-hybridized carbons (Fsp3) is 0.538. The third-order valence-corrected chi connectivity index (χ3v) is 3.58. The number of H-pyrrole nitrogens is 1. The number of rotatable bonds is 2. The summed E-state index contributed by atoms with van der Waals surface area (Å²) in [5, 5.41) is 10.1. The summed E-state index contributed by atoms with van der Waals surface area (Å²) in [7, 11) is 0. The van der Waals surface area contributed by atoms with Crippen LogP contribution in [-0.4, -0.2) is 39.6 Å². The van der Waals surface area contributed by atoms with Gasteiger partial charge in [0.2, 0.25) is 0 Å². The summed E-state index contributed by atoms with van der Waals surface area (Å²) in [5.74, 6) is -0.223. The smallest absolute Gasteiger partial charge is 0.260 e. The second-order valence-corrected chi connectivity index (χ2v) is 5.30. The predicted molar refractivity (Wildman–Crippen MR) is 67.5 cm³/mol. The molecule has 2 heterocycles. The van der Waals surface area contributed by atoms with Crippen LogP contribution in [-0.2, 0) is 0 Å². The molecule has 1 fully saturated rings. The molecular weight excluding hydrogens is 232 g/mol. The van der Waals surface area contributed by atoms with Crippen LogP contribution in [0.25, 0.3) is 0 Å². The SMILES string of the molecule is Cc1ccc(C(=O)N2CC(O)(C(C)C)C2)c(=O)[nH]1. The highest BCUT2D eigenvalue weighted by molar-refractivity contribution is 5.94. The number of hydrogen-bond donors (Lipinski definition) is 2. The van der Waals surface area contributed by atoms with Crippen molar-refractivity contribution in [1.29, 1.82) is 0 Å². The molecule has 0 saturated carbocycles. The number of aliphatic hydroxyl groups is 1. The van der Waals surface area contributed by atoms with E-state index in [1.54, 1.807) is 13.0 Å². The number of aromatic nitrogens is 1. The third-order valence-electron chi connectivity index (χ3n) is 3.58. The molecule has 0 bridgehead atoms. The largest absolute Gasteiger partial charge is 0.386 e. The number of nitrogens with one attached hydrogen (secondary N) is 1. The van der Waals surface area contributed by atoms with Crippen molar-refractivity contribution in [1.82, 2.24) is 9.88 Å². The van der Waals surface area contributed by atoms with Crippen molar-refractivity contribution >= 4 is 5.91 Å². The topological polar surface area (TPSA) is 73.4 Å². The highest BCUT2D eigenvalue weighted by Crippen LogP contribution is 2.29. The summed E-state index contributed by atoms with van der Waals surface area (Å²) in [6.45, 7) is 6.17. The molecule has 1 amide bonds. The van der Waals surface area contributed by atoms with Gasteiger partial charge in [0.25, 0.3) is 11.5 Å². The Kier molecular flexibility index (Phi) is 3.02. The number of pyridine rings is 1. The Balaban J connectivity index is 2.13. The lowest BCUT2D eigenvalue weighted by Gasteiger charge is -2.48. The predicted octanol–water partition coefficient (Wildman–Crippen LogP) is 0.526. The fourth-order valence-corrected chi connectivity index (χ4v) is 2.03. The summed E-state index contributed by atoms with van der Waals surface area (Å²) in [4.78, 5) is 27.8. The minimum atomic E-state index is -0.812. The van der Waals surface area contributed by atoms with E-state index in [4.69, 9.17) is 0 Å². The van der Waals surface area contributed by atoms with Crippen molar-refractivity contribution in [3.63, 3.8) is 0 Å². The van der Waals surface area contributed by atoms with Crippen LogP contribution in [0.2, 0.25) is 0 Å². The number of amides is 1. The van der Waals surface area contributed by atoms with Crippen molar-refractivity contribution in [2.45, 2.75) is 26.4 Å². The van der Waals surface area contributed by atoms with Gasteiger partial charge in [-0.1, -0.05) is 13.8 Å². The Morgan fingerprint density at radius 3 is 2.56 bits per heavy atom. The number of aryl methyl sites for hydroxylation is 1. The Morgan fingerprint density at radius 2 is 2.06 bits per heavy atom. The second kappa shape index (κ2) is 4.24. The lowest BCUT2D eigenvalue weighted by molar-refractivity contribution is -0.110. The van der Waals surface area contributed by atoms with E-state index < -0.39 is 5.60 Å². The number of nitrogens with zero attached hydrogens (tertiary/aromatic N) is 1. The van der Waals surface area contributed by atoms with E-state index in [2.05, 4.69) is 4.98 Å².